The molecule has 1 aliphatic rings. The maximum atomic E-state index is 13.4. The first-order valence-electron chi connectivity index (χ1n) is 11.4. The van der Waals surface area contributed by atoms with E-state index in [2.05, 4.69) is 13.8 Å². The number of para-hydroxylation sites is 1. The molecule has 1 fully saturated rings. The first-order chi connectivity index (χ1) is 15.3. The minimum absolute atomic E-state index is 0.0713. The van der Waals surface area contributed by atoms with Gasteiger partial charge in [-0.1, -0.05) is 53.7 Å². The van der Waals surface area contributed by atoms with E-state index < -0.39 is 0 Å². The molecule has 3 atom stereocenters. The van der Waals surface area contributed by atoms with Crippen LogP contribution in [0.1, 0.15) is 51.2 Å². The molecule has 1 aromatic heterocycles. The minimum Gasteiger partial charge on any atom is -0.336 e. The number of amides is 1. The van der Waals surface area contributed by atoms with E-state index in [-0.39, 0.29) is 28.8 Å². The van der Waals surface area contributed by atoms with E-state index in [0.717, 1.165) is 24.8 Å². The monoisotopic (exact) mass is 449 g/mol. The van der Waals surface area contributed by atoms with E-state index in [4.69, 9.17) is 4.98 Å². The Balaban J connectivity index is 1.69. The van der Waals surface area contributed by atoms with Gasteiger partial charge in [0.2, 0.25) is 5.91 Å². The first kappa shape index (κ1) is 22.6. The minimum atomic E-state index is -0.324. The summed E-state index contributed by atoms with van der Waals surface area (Å²) in [4.78, 5) is 33.6. The zero-order valence-electron chi connectivity index (χ0n) is 19.2. The van der Waals surface area contributed by atoms with Gasteiger partial charge in [0.1, 0.15) is 0 Å². The van der Waals surface area contributed by atoms with E-state index >= 15 is 0 Å². The zero-order chi connectivity index (χ0) is 22.8. The molecule has 0 saturated carbocycles. The van der Waals surface area contributed by atoms with Gasteiger partial charge in [-0.2, -0.15) is 0 Å². The number of likely N-dealkylation sites (tertiary alicyclic amines) is 1. The number of benzene rings is 2. The van der Waals surface area contributed by atoms with Crippen molar-refractivity contribution >= 4 is 28.6 Å². The zero-order valence-corrected chi connectivity index (χ0v) is 20.1. The third-order valence-electron chi connectivity index (χ3n) is 6.37. The number of carbonyl (C=O) groups is 1. The largest absolute Gasteiger partial charge is 0.336 e. The average molecular weight is 450 g/mol. The Kier molecular flexibility index (Phi) is 6.70. The van der Waals surface area contributed by atoms with Crippen molar-refractivity contribution in [1.82, 2.24) is 14.5 Å². The van der Waals surface area contributed by atoms with Gasteiger partial charge in [-0.05, 0) is 64.7 Å². The summed E-state index contributed by atoms with van der Waals surface area (Å²) in [5.41, 5.74) is 2.81. The molecule has 168 valence electrons. The lowest BCUT2D eigenvalue weighted by Crippen LogP contribution is -2.50. The van der Waals surface area contributed by atoms with Gasteiger partial charge < -0.3 is 4.90 Å². The average Bonchev–Trinajstić information content (AvgIpc) is 2.77. The maximum absolute atomic E-state index is 13.4. The molecule has 4 rings (SSSR count). The molecule has 3 aromatic rings. The van der Waals surface area contributed by atoms with Crippen molar-refractivity contribution in [2.24, 2.45) is 0 Å². The number of carbonyl (C=O) groups excluding carboxylic acids is 1. The van der Waals surface area contributed by atoms with Gasteiger partial charge >= 0.3 is 0 Å². The van der Waals surface area contributed by atoms with E-state index in [1.807, 2.05) is 67.3 Å². The van der Waals surface area contributed by atoms with Gasteiger partial charge in [-0.3, -0.25) is 14.2 Å². The highest BCUT2D eigenvalue weighted by Gasteiger charge is 2.32. The highest BCUT2D eigenvalue weighted by atomic mass is 32.2. The number of piperidine rings is 1. The Morgan fingerprint density at radius 2 is 1.75 bits per heavy atom. The summed E-state index contributed by atoms with van der Waals surface area (Å²) in [5, 5.41) is 0.865. The molecule has 0 N–H and O–H groups in total. The molecule has 0 spiro atoms. The molecule has 5 nitrogen and oxygen atoms in total. The van der Waals surface area contributed by atoms with Gasteiger partial charge in [0, 0.05) is 12.1 Å². The smallest absolute Gasteiger partial charge is 0.262 e. The van der Waals surface area contributed by atoms with Crippen LogP contribution in [0.15, 0.2) is 58.5 Å². The van der Waals surface area contributed by atoms with Crippen LogP contribution in [-0.2, 0) is 11.3 Å². The number of hydrogen-bond donors (Lipinski definition) is 0. The van der Waals surface area contributed by atoms with Crippen LogP contribution in [0, 0.1) is 6.92 Å². The molecular weight excluding hydrogens is 418 g/mol. The number of thioether (sulfide) groups is 1. The standard InChI is InChI=1S/C26H31N3O2S/c1-17-12-14-21(15-13-17)16-28-25(31)22-10-5-6-11-23(22)27-26(28)32-20(4)24(30)29-18(2)8-7-9-19(29)3/h5-6,10-15,18-20H,7-9,16H2,1-4H3/t18-,19+,20-/m1/s1. The summed E-state index contributed by atoms with van der Waals surface area (Å²) in [5.74, 6) is 0.124. The number of aromatic nitrogens is 2. The molecule has 6 heteroatoms. The van der Waals surface area contributed by atoms with Gasteiger partial charge in [0.05, 0.1) is 22.7 Å². The summed E-state index contributed by atoms with van der Waals surface area (Å²) in [6, 6.07) is 16.1. The van der Waals surface area contributed by atoms with E-state index in [9.17, 15) is 9.59 Å². The van der Waals surface area contributed by atoms with Gasteiger partial charge in [0.15, 0.2) is 5.16 Å². The van der Waals surface area contributed by atoms with Crippen molar-refractivity contribution in [2.45, 2.75) is 76.0 Å². The van der Waals surface area contributed by atoms with Crippen LogP contribution in [0.2, 0.25) is 0 Å². The number of hydrogen-bond acceptors (Lipinski definition) is 4. The van der Waals surface area contributed by atoms with Gasteiger partial charge in [-0.25, -0.2) is 4.98 Å². The van der Waals surface area contributed by atoms with Crippen molar-refractivity contribution < 1.29 is 4.79 Å². The van der Waals surface area contributed by atoms with Crippen LogP contribution in [0.3, 0.4) is 0 Å². The molecule has 32 heavy (non-hydrogen) atoms. The van der Waals surface area contributed by atoms with Crippen LogP contribution in [-0.4, -0.2) is 37.7 Å². The Morgan fingerprint density at radius 3 is 2.44 bits per heavy atom. The molecule has 0 radical (unpaired) electrons. The lowest BCUT2D eigenvalue weighted by atomic mass is 9.97. The van der Waals surface area contributed by atoms with E-state index in [0.29, 0.717) is 22.6 Å². The second-order valence-corrected chi connectivity index (χ2v) is 10.2. The summed E-state index contributed by atoms with van der Waals surface area (Å²) >= 11 is 1.39. The van der Waals surface area contributed by atoms with Crippen molar-refractivity contribution in [1.29, 1.82) is 0 Å². The number of nitrogens with zero attached hydrogens (tertiary/aromatic N) is 3. The lowest BCUT2D eigenvalue weighted by molar-refractivity contribution is -0.136. The summed E-state index contributed by atoms with van der Waals surface area (Å²) in [6.45, 7) is 8.67. The summed E-state index contributed by atoms with van der Waals surface area (Å²) < 4.78 is 1.71. The fourth-order valence-corrected chi connectivity index (χ4v) is 5.49. The van der Waals surface area contributed by atoms with Crippen LogP contribution in [0.5, 0.6) is 0 Å². The summed E-state index contributed by atoms with van der Waals surface area (Å²) in [6.07, 6.45) is 3.25. The van der Waals surface area contributed by atoms with Crippen LogP contribution < -0.4 is 5.56 Å². The Hall–Kier alpha value is -2.60. The quantitative estimate of drug-likeness (QED) is 0.405. The predicted octanol–water partition coefficient (Wildman–Crippen LogP) is 5.02. The molecule has 2 aromatic carbocycles. The van der Waals surface area contributed by atoms with Crippen LogP contribution in [0.4, 0.5) is 0 Å². The van der Waals surface area contributed by atoms with Crippen LogP contribution >= 0.6 is 11.8 Å². The Labute approximate surface area is 193 Å². The fourth-order valence-electron chi connectivity index (χ4n) is 4.53. The van der Waals surface area contributed by atoms with E-state index in [1.54, 1.807) is 4.57 Å². The Morgan fingerprint density at radius 1 is 1.09 bits per heavy atom. The second-order valence-electron chi connectivity index (χ2n) is 8.92. The number of fused-ring (bicyclic) bond motifs is 1. The normalized spacial score (nSPS) is 19.8. The molecular formula is C26H31N3O2S. The molecule has 0 aliphatic carbocycles. The second kappa shape index (κ2) is 9.49. The molecule has 1 amide bonds. The Bertz CT molecular complexity index is 1160. The van der Waals surface area contributed by atoms with Crippen molar-refractivity contribution in [3.05, 3.63) is 70.0 Å². The molecule has 0 bridgehead atoms. The molecule has 1 aliphatic heterocycles. The molecule has 0 unspecified atom stereocenters. The van der Waals surface area contributed by atoms with Crippen molar-refractivity contribution in [3.63, 3.8) is 0 Å². The highest BCUT2D eigenvalue weighted by Crippen LogP contribution is 2.29. The van der Waals surface area contributed by atoms with Gasteiger partial charge in [0.25, 0.3) is 5.56 Å². The third kappa shape index (κ3) is 4.60. The van der Waals surface area contributed by atoms with Crippen molar-refractivity contribution in [2.75, 3.05) is 0 Å². The number of rotatable bonds is 5. The topological polar surface area (TPSA) is 55.2 Å². The SMILES string of the molecule is Cc1ccc(Cn2c(S[C@H](C)C(=O)N3[C@H](C)CCC[C@@H]3C)nc3ccccc3c2=O)cc1. The van der Waals surface area contributed by atoms with Gasteiger partial charge in [-0.15, -0.1) is 0 Å². The third-order valence-corrected chi connectivity index (χ3v) is 7.44. The van der Waals surface area contributed by atoms with E-state index in [1.165, 1.54) is 17.3 Å². The molecule has 2 heterocycles. The predicted molar refractivity (Wildman–Crippen MR) is 131 cm³/mol. The number of aryl methyl sites for hydroxylation is 1. The molecule has 1 saturated heterocycles. The first-order valence-corrected chi connectivity index (χ1v) is 12.3. The highest BCUT2D eigenvalue weighted by molar-refractivity contribution is 8.00. The lowest BCUT2D eigenvalue weighted by Gasteiger charge is -2.40. The maximum Gasteiger partial charge on any atom is 0.262 e. The fraction of sp³-hybridized carbons (Fsp3) is 0.423. The van der Waals surface area contributed by atoms with Crippen molar-refractivity contribution in [3.8, 4) is 0 Å². The van der Waals surface area contributed by atoms with Crippen LogP contribution in [0.25, 0.3) is 10.9 Å². The summed E-state index contributed by atoms with van der Waals surface area (Å²) in [7, 11) is 0.